The lowest BCUT2D eigenvalue weighted by Gasteiger charge is -2.10. The zero-order chi connectivity index (χ0) is 11.4. The Morgan fingerprint density at radius 3 is 2.88 bits per heavy atom. The van der Waals surface area contributed by atoms with E-state index in [-0.39, 0.29) is 13.4 Å². The van der Waals surface area contributed by atoms with E-state index in [1.807, 2.05) is 0 Å². The normalized spacial score (nSPS) is 15.1. The second-order valence-corrected chi connectivity index (χ2v) is 4.42. The topological polar surface area (TPSA) is 38.7 Å². The molecule has 1 saturated carbocycles. The molecule has 0 atom stereocenters. The number of ether oxygens (including phenoxy) is 2. The summed E-state index contributed by atoms with van der Waals surface area (Å²) in [5.74, 6) is 1.36. The van der Waals surface area contributed by atoms with Crippen molar-refractivity contribution in [3.8, 4) is 5.75 Å². The number of rotatable bonds is 6. The average Bonchev–Trinajstić information content (AvgIpc) is 3.09. The lowest BCUT2D eigenvalue weighted by Crippen LogP contribution is -2.06. The maximum Gasteiger partial charge on any atom is 0.189 e. The van der Waals surface area contributed by atoms with Gasteiger partial charge in [0, 0.05) is 10.6 Å². The molecule has 4 heteroatoms. The number of aliphatic hydroxyl groups excluding tert-OH is 1. The second-order valence-electron chi connectivity index (χ2n) is 3.99. The molecule has 3 nitrogen and oxygen atoms in total. The smallest absolute Gasteiger partial charge is 0.189 e. The van der Waals surface area contributed by atoms with Crippen LogP contribution in [0, 0.1) is 5.92 Å². The fourth-order valence-electron chi connectivity index (χ4n) is 1.42. The first-order valence-corrected chi connectivity index (χ1v) is 5.77. The Balaban J connectivity index is 1.82. The summed E-state index contributed by atoms with van der Waals surface area (Å²) >= 11 is 5.81. The van der Waals surface area contributed by atoms with Crippen molar-refractivity contribution in [2.24, 2.45) is 5.92 Å². The van der Waals surface area contributed by atoms with Crippen LogP contribution in [0.3, 0.4) is 0 Å². The molecule has 16 heavy (non-hydrogen) atoms. The monoisotopic (exact) mass is 242 g/mol. The minimum atomic E-state index is -0.0848. The van der Waals surface area contributed by atoms with Gasteiger partial charge >= 0.3 is 0 Å². The zero-order valence-electron chi connectivity index (χ0n) is 8.99. The highest BCUT2D eigenvalue weighted by Gasteiger charge is 2.21. The Kier molecular flexibility index (Phi) is 4.04. The predicted octanol–water partition coefficient (Wildman–Crippen LogP) is 2.60. The quantitative estimate of drug-likeness (QED) is 0.616. The van der Waals surface area contributed by atoms with E-state index < -0.39 is 0 Å². The van der Waals surface area contributed by atoms with E-state index in [4.69, 9.17) is 26.2 Å². The van der Waals surface area contributed by atoms with Crippen molar-refractivity contribution in [3.63, 3.8) is 0 Å². The number of hydrogen-bond acceptors (Lipinski definition) is 3. The van der Waals surface area contributed by atoms with Gasteiger partial charge in [-0.1, -0.05) is 11.6 Å². The van der Waals surface area contributed by atoms with Crippen molar-refractivity contribution in [1.29, 1.82) is 0 Å². The second kappa shape index (κ2) is 5.53. The highest BCUT2D eigenvalue weighted by Crippen LogP contribution is 2.29. The Hall–Kier alpha value is -0.770. The molecule has 2 rings (SSSR count). The molecule has 0 bridgehead atoms. The molecule has 88 valence electrons. The summed E-state index contributed by atoms with van der Waals surface area (Å²) in [7, 11) is 0. The SMILES string of the molecule is OCc1cc(Cl)ccc1OCOCC1CC1. The third-order valence-electron chi connectivity index (χ3n) is 2.54. The van der Waals surface area contributed by atoms with E-state index in [2.05, 4.69) is 0 Å². The molecule has 0 aromatic heterocycles. The van der Waals surface area contributed by atoms with Crippen LogP contribution in [-0.2, 0) is 11.3 Å². The molecule has 1 aromatic rings. The molecule has 1 aliphatic carbocycles. The standard InChI is InChI=1S/C12H15ClO3/c13-11-3-4-12(10(5-11)6-14)16-8-15-7-9-1-2-9/h3-5,9,14H,1-2,6-8H2. The van der Waals surface area contributed by atoms with Gasteiger partial charge in [-0.15, -0.1) is 0 Å². The van der Waals surface area contributed by atoms with Crippen LogP contribution < -0.4 is 4.74 Å². The molecule has 1 aromatic carbocycles. The van der Waals surface area contributed by atoms with Gasteiger partial charge in [-0.05, 0) is 37.0 Å². The number of halogens is 1. The van der Waals surface area contributed by atoms with Gasteiger partial charge in [-0.3, -0.25) is 0 Å². The van der Waals surface area contributed by atoms with Gasteiger partial charge in [-0.2, -0.15) is 0 Å². The maximum absolute atomic E-state index is 9.12. The van der Waals surface area contributed by atoms with Crippen LogP contribution in [-0.4, -0.2) is 18.5 Å². The molecule has 0 radical (unpaired) electrons. The van der Waals surface area contributed by atoms with Crippen molar-refractivity contribution in [2.45, 2.75) is 19.4 Å². The number of hydrogen-bond donors (Lipinski definition) is 1. The molecule has 1 aliphatic rings. The third kappa shape index (κ3) is 3.37. The molecule has 0 spiro atoms. The van der Waals surface area contributed by atoms with Crippen LogP contribution in [0.5, 0.6) is 5.75 Å². The van der Waals surface area contributed by atoms with Crippen molar-refractivity contribution < 1.29 is 14.6 Å². The van der Waals surface area contributed by atoms with Gasteiger partial charge in [0.15, 0.2) is 6.79 Å². The maximum atomic E-state index is 9.12. The Labute approximate surface area is 99.9 Å². The summed E-state index contributed by atoms with van der Waals surface area (Å²) in [5, 5.41) is 9.71. The largest absolute Gasteiger partial charge is 0.467 e. The predicted molar refractivity (Wildman–Crippen MR) is 61.5 cm³/mol. The average molecular weight is 243 g/mol. The fourth-order valence-corrected chi connectivity index (χ4v) is 1.61. The van der Waals surface area contributed by atoms with Crippen LogP contribution in [0.25, 0.3) is 0 Å². The van der Waals surface area contributed by atoms with Crippen LogP contribution in [0.2, 0.25) is 5.02 Å². The summed E-state index contributed by atoms with van der Waals surface area (Å²) in [6, 6.07) is 5.17. The Bertz CT molecular complexity index is 350. The van der Waals surface area contributed by atoms with E-state index in [0.29, 0.717) is 16.3 Å². The highest BCUT2D eigenvalue weighted by molar-refractivity contribution is 6.30. The summed E-state index contributed by atoms with van der Waals surface area (Å²) in [6.45, 7) is 0.908. The van der Waals surface area contributed by atoms with E-state index in [1.54, 1.807) is 18.2 Å². The first kappa shape index (κ1) is 11.7. The van der Waals surface area contributed by atoms with Gasteiger partial charge in [-0.25, -0.2) is 0 Å². The Morgan fingerprint density at radius 2 is 2.19 bits per heavy atom. The van der Waals surface area contributed by atoms with E-state index in [0.717, 1.165) is 12.5 Å². The molecule has 0 amide bonds. The van der Waals surface area contributed by atoms with Crippen LogP contribution in [0.4, 0.5) is 0 Å². The molecular weight excluding hydrogens is 228 g/mol. The van der Waals surface area contributed by atoms with E-state index in [1.165, 1.54) is 12.8 Å². The molecular formula is C12H15ClO3. The summed E-state index contributed by atoms with van der Waals surface area (Å²) in [5.41, 5.74) is 0.683. The minimum Gasteiger partial charge on any atom is -0.467 e. The van der Waals surface area contributed by atoms with Gasteiger partial charge in [0.1, 0.15) is 5.75 Å². The molecule has 0 unspecified atom stereocenters. The van der Waals surface area contributed by atoms with Gasteiger partial charge in [0.25, 0.3) is 0 Å². The first-order valence-electron chi connectivity index (χ1n) is 5.39. The van der Waals surface area contributed by atoms with Gasteiger partial charge in [0.05, 0.1) is 13.2 Å². The molecule has 0 saturated heterocycles. The van der Waals surface area contributed by atoms with Crippen molar-refractivity contribution >= 4 is 11.6 Å². The van der Waals surface area contributed by atoms with E-state index >= 15 is 0 Å². The van der Waals surface area contributed by atoms with Crippen molar-refractivity contribution in [2.75, 3.05) is 13.4 Å². The minimum absolute atomic E-state index is 0.0848. The number of benzene rings is 1. The fraction of sp³-hybridized carbons (Fsp3) is 0.500. The summed E-state index contributed by atoms with van der Waals surface area (Å²) in [6.07, 6.45) is 2.53. The highest BCUT2D eigenvalue weighted by atomic mass is 35.5. The van der Waals surface area contributed by atoms with Gasteiger partial charge in [0.2, 0.25) is 0 Å². The number of aliphatic hydroxyl groups is 1. The van der Waals surface area contributed by atoms with Gasteiger partial charge < -0.3 is 14.6 Å². The van der Waals surface area contributed by atoms with Crippen molar-refractivity contribution in [3.05, 3.63) is 28.8 Å². The third-order valence-corrected chi connectivity index (χ3v) is 2.78. The van der Waals surface area contributed by atoms with E-state index in [9.17, 15) is 0 Å². The molecule has 1 fully saturated rings. The van der Waals surface area contributed by atoms with Crippen LogP contribution >= 0.6 is 11.6 Å². The zero-order valence-corrected chi connectivity index (χ0v) is 9.74. The van der Waals surface area contributed by atoms with Crippen LogP contribution in [0.15, 0.2) is 18.2 Å². The lowest BCUT2D eigenvalue weighted by atomic mass is 10.2. The summed E-state index contributed by atoms with van der Waals surface area (Å²) < 4.78 is 10.8. The Morgan fingerprint density at radius 1 is 1.38 bits per heavy atom. The van der Waals surface area contributed by atoms with Crippen LogP contribution in [0.1, 0.15) is 18.4 Å². The molecule has 0 heterocycles. The molecule has 1 N–H and O–H groups in total. The lowest BCUT2D eigenvalue weighted by molar-refractivity contribution is 0.00891. The molecule has 0 aliphatic heterocycles. The van der Waals surface area contributed by atoms with Crippen molar-refractivity contribution in [1.82, 2.24) is 0 Å². The summed E-state index contributed by atoms with van der Waals surface area (Å²) in [4.78, 5) is 0. The first-order chi connectivity index (χ1) is 7.79.